The van der Waals surface area contributed by atoms with Gasteiger partial charge in [0.05, 0.1) is 7.57 Å². The number of nitrogens with one attached hydrogen (secondary N) is 1. The second kappa shape index (κ2) is 6.92. The summed E-state index contributed by atoms with van der Waals surface area (Å²) >= 11 is 10.8. The van der Waals surface area contributed by atoms with E-state index in [4.69, 9.17) is 0 Å². The van der Waals surface area contributed by atoms with Crippen molar-refractivity contribution < 1.29 is 0 Å². The van der Waals surface area contributed by atoms with E-state index >= 15 is 0 Å². The van der Waals surface area contributed by atoms with E-state index in [1.54, 1.807) is 11.3 Å². The Morgan fingerprint density at radius 2 is 2.05 bits per heavy atom. The molecule has 5 heteroatoms. The largest absolute Gasteiger partial charge is 0.310 e. The molecule has 0 saturated heterocycles. The molecule has 1 unspecified atom stereocenters. The van der Waals surface area contributed by atoms with Crippen molar-refractivity contribution in [1.82, 2.24) is 5.32 Å². The number of likely N-dealkylation sites (N-methyl/N-ethyl adjacent to an activating group) is 1. The molecule has 0 aliphatic heterocycles. The molecule has 0 spiro atoms. The second-order valence-electron chi connectivity index (χ2n) is 4.85. The van der Waals surface area contributed by atoms with Crippen LogP contribution < -0.4 is 5.32 Å². The minimum absolute atomic E-state index is 0.338. The monoisotopic (exact) mass is 443 g/mol. The maximum Gasteiger partial charge on any atom is 0.0758 e. The van der Waals surface area contributed by atoms with Gasteiger partial charge in [0.25, 0.3) is 0 Å². The van der Waals surface area contributed by atoms with Crippen molar-refractivity contribution in [2.75, 3.05) is 6.54 Å². The molecule has 2 aromatic heterocycles. The summed E-state index contributed by atoms with van der Waals surface area (Å²) < 4.78 is 3.75. The molecule has 0 amide bonds. The SMILES string of the molecule is CCNC(Cc1csc2ccccc12)c1cc(Br)sc1Br. The summed E-state index contributed by atoms with van der Waals surface area (Å²) in [5.41, 5.74) is 2.76. The molecule has 1 N–H and O–H groups in total. The predicted molar refractivity (Wildman–Crippen MR) is 102 cm³/mol. The van der Waals surface area contributed by atoms with Gasteiger partial charge in [-0.2, -0.15) is 0 Å². The lowest BCUT2D eigenvalue weighted by Gasteiger charge is -2.17. The van der Waals surface area contributed by atoms with Crippen LogP contribution in [0.15, 0.2) is 43.3 Å². The highest BCUT2D eigenvalue weighted by Gasteiger charge is 2.18. The summed E-state index contributed by atoms with van der Waals surface area (Å²) in [5, 5.41) is 7.30. The molecule has 110 valence electrons. The fraction of sp³-hybridized carbons (Fsp3) is 0.250. The summed E-state index contributed by atoms with van der Waals surface area (Å²) in [6, 6.07) is 11.2. The zero-order valence-electron chi connectivity index (χ0n) is 11.5. The van der Waals surface area contributed by atoms with Gasteiger partial charge in [0.15, 0.2) is 0 Å². The van der Waals surface area contributed by atoms with E-state index in [0.29, 0.717) is 6.04 Å². The first kappa shape index (κ1) is 15.7. The van der Waals surface area contributed by atoms with Crippen LogP contribution in [0, 0.1) is 0 Å². The highest BCUT2D eigenvalue weighted by atomic mass is 79.9. The lowest BCUT2D eigenvalue weighted by molar-refractivity contribution is 0.551. The topological polar surface area (TPSA) is 12.0 Å². The van der Waals surface area contributed by atoms with Gasteiger partial charge in [0.1, 0.15) is 0 Å². The predicted octanol–water partition coefficient (Wildman–Crippen LogP) is 6.38. The summed E-state index contributed by atoms with van der Waals surface area (Å²) in [5.74, 6) is 0. The number of hydrogen-bond acceptors (Lipinski definition) is 3. The second-order valence-corrected chi connectivity index (χ2v) is 9.51. The third-order valence-electron chi connectivity index (χ3n) is 3.49. The van der Waals surface area contributed by atoms with Gasteiger partial charge in [-0.3, -0.25) is 0 Å². The van der Waals surface area contributed by atoms with Gasteiger partial charge in [0, 0.05) is 10.7 Å². The van der Waals surface area contributed by atoms with E-state index in [0.717, 1.165) is 13.0 Å². The maximum absolute atomic E-state index is 3.69. The first-order valence-corrected chi connectivity index (χ1v) is 10.1. The molecule has 1 atom stereocenters. The molecular weight excluding hydrogens is 430 g/mol. The fourth-order valence-electron chi connectivity index (χ4n) is 2.54. The Balaban J connectivity index is 1.93. The number of rotatable bonds is 5. The van der Waals surface area contributed by atoms with Crippen LogP contribution in [0.4, 0.5) is 0 Å². The van der Waals surface area contributed by atoms with Crippen molar-refractivity contribution in [2.24, 2.45) is 0 Å². The van der Waals surface area contributed by atoms with Crippen molar-refractivity contribution in [2.45, 2.75) is 19.4 Å². The van der Waals surface area contributed by atoms with Gasteiger partial charge in [-0.25, -0.2) is 0 Å². The number of benzene rings is 1. The molecule has 21 heavy (non-hydrogen) atoms. The average Bonchev–Trinajstić information content (AvgIpc) is 3.02. The molecule has 0 fully saturated rings. The van der Waals surface area contributed by atoms with Crippen molar-refractivity contribution in [3.05, 3.63) is 54.4 Å². The molecule has 2 heterocycles. The van der Waals surface area contributed by atoms with Crippen LogP contribution in [0.5, 0.6) is 0 Å². The standard InChI is InChI=1S/C16H15Br2NS2/c1-2-19-13(12-8-15(17)21-16(12)18)7-10-9-20-14-6-4-3-5-11(10)14/h3-6,8-9,13,19H,2,7H2,1H3. The van der Waals surface area contributed by atoms with Crippen molar-refractivity contribution in [3.8, 4) is 0 Å². The van der Waals surface area contributed by atoms with Crippen molar-refractivity contribution in [3.63, 3.8) is 0 Å². The summed E-state index contributed by atoms with van der Waals surface area (Å²) in [6.07, 6.45) is 1.01. The van der Waals surface area contributed by atoms with Crippen LogP contribution in [0.25, 0.3) is 10.1 Å². The van der Waals surface area contributed by atoms with E-state index in [9.17, 15) is 0 Å². The lowest BCUT2D eigenvalue weighted by atomic mass is 10.0. The Morgan fingerprint density at radius 1 is 1.24 bits per heavy atom. The van der Waals surface area contributed by atoms with Crippen LogP contribution >= 0.6 is 54.5 Å². The lowest BCUT2D eigenvalue weighted by Crippen LogP contribution is -2.22. The maximum atomic E-state index is 3.69. The van der Waals surface area contributed by atoms with E-state index in [1.165, 1.54) is 28.8 Å². The minimum Gasteiger partial charge on any atom is -0.310 e. The highest BCUT2D eigenvalue weighted by Crippen LogP contribution is 2.38. The van der Waals surface area contributed by atoms with Gasteiger partial charge < -0.3 is 5.32 Å². The fourth-order valence-corrected chi connectivity index (χ4v) is 6.49. The van der Waals surface area contributed by atoms with Gasteiger partial charge in [-0.15, -0.1) is 22.7 Å². The third-order valence-corrected chi connectivity index (χ3v) is 6.89. The van der Waals surface area contributed by atoms with E-state index in [2.05, 4.69) is 79.8 Å². The zero-order valence-corrected chi connectivity index (χ0v) is 16.3. The van der Waals surface area contributed by atoms with Gasteiger partial charge in [-0.1, -0.05) is 25.1 Å². The number of hydrogen-bond donors (Lipinski definition) is 1. The van der Waals surface area contributed by atoms with E-state index in [1.807, 2.05) is 11.3 Å². The molecule has 0 saturated carbocycles. The molecule has 0 aliphatic rings. The molecule has 3 rings (SSSR count). The Hall–Kier alpha value is -0.200. The number of halogens is 2. The third kappa shape index (κ3) is 3.42. The smallest absolute Gasteiger partial charge is 0.0758 e. The summed E-state index contributed by atoms with van der Waals surface area (Å²) in [4.78, 5) is 0. The van der Waals surface area contributed by atoms with Crippen LogP contribution in [0.1, 0.15) is 24.1 Å². The van der Waals surface area contributed by atoms with Gasteiger partial charge >= 0.3 is 0 Å². The number of fused-ring (bicyclic) bond motifs is 1. The molecule has 1 nitrogen and oxygen atoms in total. The zero-order chi connectivity index (χ0) is 14.8. The first-order valence-electron chi connectivity index (χ1n) is 6.82. The van der Waals surface area contributed by atoms with E-state index in [-0.39, 0.29) is 0 Å². The Morgan fingerprint density at radius 3 is 2.76 bits per heavy atom. The molecule has 0 radical (unpaired) electrons. The highest BCUT2D eigenvalue weighted by molar-refractivity contribution is 9.12. The minimum atomic E-state index is 0.338. The van der Waals surface area contributed by atoms with Crippen molar-refractivity contribution >= 4 is 64.6 Å². The van der Waals surface area contributed by atoms with Crippen LogP contribution in [0.3, 0.4) is 0 Å². The van der Waals surface area contributed by atoms with E-state index < -0.39 is 0 Å². The van der Waals surface area contributed by atoms with Gasteiger partial charge in [-0.05, 0) is 78.9 Å². The molecular formula is C16H15Br2NS2. The normalized spacial score (nSPS) is 12.9. The Labute approximate surface area is 149 Å². The molecule has 1 aromatic carbocycles. The molecule has 0 bridgehead atoms. The Bertz CT molecular complexity index is 748. The summed E-state index contributed by atoms with van der Waals surface area (Å²) in [7, 11) is 0. The quantitative estimate of drug-likeness (QED) is 0.481. The number of thiophene rings is 2. The Kier molecular flexibility index (Phi) is 5.17. The molecule has 3 aromatic rings. The average molecular weight is 445 g/mol. The van der Waals surface area contributed by atoms with Crippen LogP contribution in [0.2, 0.25) is 0 Å². The van der Waals surface area contributed by atoms with Crippen LogP contribution in [-0.4, -0.2) is 6.54 Å². The van der Waals surface area contributed by atoms with Gasteiger partial charge in [0.2, 0.25) is 0 Å². The first-order chi connectivity index (χ1) is 10.2. The van der Waals surface area contributed by atoms with Crippen molar-refractivity contribution in [1.29, 1.82) is 0 Å². The molecule has 0 aliphatic carbocycles. The van der Waals surface area contributed by atoms with Crippen LogP contribution in [-0.2, 0) is 6.42 Å². The summed E-state index contributed by atoms with van der Waals surface area (Å²) in [6.45, 7) is 3.13.